The Hall–Kier alpha value is -1.57. The number of nitrogens with zero attached hydrogens (tertiary/aromatic N) is 1. The molecule has 1 aromatic heterocycles. The first-order valence-electron chi connectivity index (χ1n) is 4.68. The molecule has 2 nitrogen and oxygen atoms in total. The molecule has 0 aliphatic rings. The van der Waals surface area contributed by atoms with Crippen molar-refractivity contribution in [3.05, 3.63) is 41.4 Å². The minimum Gasteiger partial charge on any atom is -0.441 e. The van der Waals surface area contributed by atoms with Crippen LogP contribution in [0.25, 0.3) is 11.3 Å². The summed E-state index contributed by atoms with van der Waals surface area (Å²) in [5, 5.41) is 0. The van der Waals surface area contributed by atoms with Crippen molar-refractivity contribution in [3.8, 4) is 11.3 Å². The first-order valence-corrected chi connectivity index (χ1v) is 4.68. The maximum atomic E-state index is 5.53. The molecule has 0 bridgehead atoms. The molecule has 0 spiro atoms. The number of oxazole rings is 1. The second kappa shape index (κ2) is 3.29. The Morgan fingerprint density at radius 2 is 1.64 bits per heavy atom. The molecular weight excluding hydrogens is 174 g/mol. The second-order valence-electron chi connectivity index (χ2n) is 3.51. The van der Waals surface area contributed by atoms with Crippen LogP contribution in [-0.4, -0.2) is 4.98 Å². The Kier molecular flexibility index (Phi) is 2.12. The van der Waals surface area contributed by atoms with Crippen molar-refractivity contribution in [3.63, 3.8) is 0 Å². The summed E-state index contributed by atoms with van der Waals surface area (Å²) < 4.78 is 5.53. The standard InChI is InChI=1S/C12H13NO/c1-8-4-6-11(7-5-8)12-9(2)13-10(3)14-12/h4-7H,1-3H3. The zero-order valence-electron chi connectivity index (χ0n) is 8.66. The fraction of sp³-hybridized carbons (Fsp3) is 0.250. The smallest absolute Gasteiger partial charge is 0.192 e. The van der Waals surface area contributed by atoms with E-state index in [1.165, 1.54) is 5.56 Å². The van der Waals surface area contributed by atoms with Crippen LogP contribution in [0, 0.1) is 20.8 Å². The van der Waals surface area contributed by atoms with Crippen molar-refractivity contribution in [1.82, 2.24) is 4.98 Å². The highest BCUT2D eigenvalue weighted by Gasteiger charge is 2.08. The lowest BCUT2D eigenvalue weighted by Crippen LogP contribution is -1.79. The molecule has 14 heavy (non-hydrogen) atoms. The van der Waals surface area contributed by atoms with Gasteiger partial charge < -0.3 is 4.42 Å². The third-order valence-corrected chi connectivity index (χ3v) is 2.22. The molecular formula is C12H13NO. The molecule has 2 rings (SSSR count). The number of aromatic nitrogens is 1. The summed E-state index contributed by atoms with van der Waals surface area (Å²) in [5.41, 5.74) is 3.29. The van der Waals surface area contributed by atoms with E-state index < -0.39 is 0 Å². The van der Waals surface area contributed by atoms with Crippen LogP contribution in [0.1, 0.15) is 17.1 Å². The van der Waals surface area contributed by atoms with Gasteiger partial charge in [-0.25, -0.2) is 4.98 Å². The molecule has 0 unspecified atom stereocenters. The van der Waals surface area contributed by atoms with E-state index in [9.17, 15) is 0 Å². The molecule has 1 aromatic carbocycles. The second-order valence-corrected chi connectivity index (χ2v) is 3.51. The Bertz CT molecular complexity index is 440. The third kappa shape index (κ3) is 1.55. The van der Waals surface area contributed by atoms with Crippen LogP contribution in [0.4, 0.5) is 0 Å². The van der Waals surface area contributed by atoms with Gasteiger partial charge in [-0.05, 0) is 13.8 Å². The minimum atomic E-state index is 0.720. The molecule has 0 amide bonds. The lowest BCUT2D eigenvalue weighted by Gasteiger charge is -1.97. The summed E-state index contributed by atoms with van der Waals surface area (Å²) in [6.07, 6.45) is 0. The normalized spacial score (nSPS) is 10.5. The Balaban J connectivity index is 2.49. The van der Waals surface area contributed by atoms with Gasteiger partial charge in [0.1, 0.15) is 0 Å². The first-order chi connectivity index (χ1) is 6.66. The van der Waals surface area contributed by atoms with Crippen LogP contribution in [0.15, 0.2) is 28.7 Å². The van der Waals surface area contributed by atoms with Gasteiger partial charge >= 0.3 is 0 Å². The van der Waals surface area contributed by atoms with Gasteiger partial charge in [0.25, 0.3) is 0 Å². The van der Waals surface area contributed by atoms with E-state index in [0.717, 1.165) is 22.9 Å². The van der Waals surface area contributed by atoms with E-state index in [-0.39, 0.29) is 0 Å². The van der Waals surface area contributed by atoms with Gasteiger partial charge in [0.2, 0.25) is 0 Å². The van der Waals surface area contributed by atoms with Gasteiger partial charge in [-0.1, -0.05) is 29.8 Å². The average molecular weight is 187 g/mol. The van der Waals surface area contributed by atoms with Crippen molar-refractivity contribution in [1.29, 1.82) is 0 Å². The van der Waals surface area contributed by atoms with Crippen LogP contribution in [0.3, 0.4) is 0 Å². The number of hydrogen-bond acceptors (Lipinski definition) is 2. The van der Waals surface area contributed by atoms with Crippen molar-refractivity contribution >= 4 is 0 Å². The van der Waals surface area contributed by atoms with Gasteiger partial charge in [-0.3, -0.25) is 0 Å². The maximum Gasteiger partial charge on any atom is 0.192 e. The maximum absolute atomic E-state index is 5.53. The van der Waals surface area contributed by atoms with Crippen molar-refractivity contribution in [2.75, 3.05) is 0 Å². The lowest BCUT2D eigenvalue weighted by molar-refractivity contribution is 0.534. The minimum absolute atomic E-state index is 0.720. The van der Waals surface area contributed by atoms with E-state index in [2.05, 4.69) is 36.2 Å². The highest BCUT2D eigenvalue weighted by Crippen LogP contribution is 2.24. The zero-order chi connectivity index (χ0) is 10.1. The molecule has 1 heterocycles. The summed E-state index contributed by atoms with van der Waals surface area (Å²) in [7, 11) is 0. The fourth-order valence-electron chi connectivity index (χ4n) is 1.50. The summed E-state index contributed by atoms with van der Waals surface area (Å²) in [6.45, 7) is 5.90. The molecule has 72 valence electrons. The number of rotatable bonds is 1. The largest absolute Gasteiger partial charge is 0.441 e. The van der Waals surface area contributed by atoms with Crippen molar-refractivity contribution in [2.24, 2.45) is 0 Å². The monoisotopic (exact) mass is 187 g/mol. The first kappa shape index (κ1) is 9.00. The molecule has 0 N–H and O–H groups in total. The van der Waals surface area contributed by atoms with E-state index in [1.807, 2.05) is 13.8 Å². The Labute approximate surface area is 83.6 Å². The molecule has 0 radical (unpaired) electrons. The van der Waals surface area contributed by atoms with Crippen LogP contribution < -0.4 is 0 Å². The van der Waals surface area contributed by atoms with Gasteiger partial charge in [0.15, 0.2) is 11.7 Å². The van der Waals surface area contributed by atoms with Crippen LogP contribution >= 0.6 is 0 Å². The Morgan fingerprint density at radius 3 is 2.14 bits per heavy atom. The number of aryl methyl sites for hydroxylation is 3. The van der Waals surface area contributed by atoms with Gasteiger partial charge in [0, 0.05) is 12.5 Å². The number of benzene rings is 1. The van der Waals surface area contributed by atoms with Crippen molar-refractivity contribution in [2.45, 2.75) is 20.8 Å². The van der Waals surface area contributed by atoms with Crippen LogP contribution in [-0.2, 0) is 0 Å². The summed E-state index contributed by atoms with van der Waals surface area (Å²) in [4.78, 5) is 4.24. The van der Waals surface area contributed by atoms with Gasteiger partial charge in [-0.15, -0.1) is 0 Å². The van der Waals surface area contributed by atoms with E-state index in [1.54, 1.807) is 0 Å². The SMILES string of the molecule is Cc1ccc(-c2oc(C)nc2C)cc1. The summed E-state index contributed by atoms with van der Waals surface area (Å²) in [6, 6.07) is 8.27. The van der Waals surface area contributed by atoms with Crippen LogP contribution in [0.2, 0.25) is 0 Å². The highest BCUT2D eigenvalue weighted by molar-refractivity contribution is 5.59. The third-order valence-electron chi connectivity index (χ3n) is 2.22. The highest BCUT2D eigenvalue weighted by atomic mass is 16.4. The molecule has 0 saturated carbocycles. The molecule has 0 aliphatic carbocycles. The fourth-order valence-corrected chi connectivity index (χ4v) is 1.50. The van der Waals surface area contributed by atoms with E-state index >= 15 is 0 Å². The molecule has 2 aromatic rings. The van der Waals surface area contributed by atoms with Gasteiger partial charge in [-0.2, -0.15) is 0 Å². The van der Waals surface area contributed by atoms with E-state index in [4.69, 9.17) is 4.42 Å². The Morgan fingerprint density at radius 1 is 1.00 bits per heavy atom. The van der Waals surface area contributed by atoms with Gasteiger partial charge in [0.05, 0.1) is 5.69 Å². The molecule has 0 atom stereocenters. The average Bonchev–Trinajstić information content (AvgIpc) is 2.47. The zero-order valence-corrected chi connectivity index (χ0v) is 8.66. The molecule has 2 heteroatoms. The summed E-state index contributed by atoms with van der Waals surface area (Å²) >= 11 is 0. The van der Waals surface area contributed by atoms with Crippen molar-refractivity contribution < 1.29 is 4.42 Å². The predicted octanol–water partition coefficient (Wildman–Crippen LogP) is 3.27. The molecule has 0 fully saturated rings. The lowest BCUT2D eigenvalue weighted by atomic mass is 10.1. The number of hydrogen-bond donors (Lipinski definition) is 0. The topological polar surface area (TPSA) is 26.0 Å². The molecule has 0 aliphatic heterocycles. The van der Waals surface area contributed by atoms with Crippen LogP contribution in [0.5, 0.6) is 0 Å². The quantitative estimate of drug-likeness (QED) is 0.684. The van der Waals surface area contributed by atoms with E-state index in [0.29, 0.717) is 0 Å². The predicted molar refractivity (Wildman–Crippen MR) is 56.2 cm³/mol. The molecule has 0 saturated heterocycles. The summed E-state index contributed by atoms with van der Waals surface area (Å²) in [5.74, 6) is 1.60.